The van der Waals surface area contributed by atoms with Crippen LogP contribution >= 0.6 is 0 Å². The molecule has 0 aromatic rings. The number of hydrogen-bond donors (Lipinski definition) is 12. The van der Waals surface area contributed by atoms with Gasteiger partial charge < -0.3 is 89.9 Å². The van der Waals surface area contributed by atoms with Gasteiger partial charge in [0.25, 0.3) is 0 Å². The van der Waals surface area contributed by atoms with Crippen molar-refractivity contribution in [2.24, 2.45) is 0 Å². The largest absolute Gasteiger partial charge is 0.394 e. The van der Waals surface area contributed by atoms with E-state index in [0.29, 0.717) is 12.8 Å². The fraction of sp³-hybridized carbons (Fsp3) is 0.792. The summed E-state index contributed by atoms with van der Waals surface area (Å²) in [6, 6.07) is -1.00. The molecule has 3 rings (SSSR count). The average molecular weight is 1030 g/mol. The molecule has 0 aromatic carbocycles. The van der Waals surface area contributed by atoms with Crippen LogP contribution in [0.25, 0.3) is 0 Å². The summed E-state index contributed by atoms with van der Waals surface area (Å²) in [7, 11) is 0. The van der Waals surface area contributed by atoms with E-state index in [1.165, 1.54) is 32.1 Å². The fourth-order valence-electron chi connectivity index (χ4n) is 8.53. The summed E-state index contributed by atoms with van der Waals surface area (Å²) in [6.07, 6.45) is 12.2. The Morgan fingerprint density at radius 3 is 1.51 bits per heavy atom. The number of amides is 1. The molecule has 12 N–H and O–H groups in total. The molecule has 0 saturated carbocycles. The molecule has 17 unspecified atom stereocenters. The lowest BCUT2D eigenvalue weighted by atomic mass is 9.96. The number of allylic oxidation sites excluding steroid dienone is 9. The van der Waals surface area contributed by atoms with Gasteiger partial charge in [0.2, 0.25) is 5.91 Å². The lowest BCUT2D eigenvalue weighted by molar-refractivity contribution is -0.379. The van der Waals surface area contributed by atoms with Crippen molar-refractivity contribution in [1.29, 1.82) is 0 Å². The van der Waals surface area contributed by atoms with Gasteiger partial charge in [-0.2, -0.15) is 0 Å². The lowest BCUT2D eigenvalue weighted by Crippen LogP contribution is -2.66. The Morgan fingerprint density at radius 2 is 0.944 bits per heavy atom. The zero-order valence-corrected chi connectivity index (χ0v) is 42.6. The minimum absolute atomic E-state index is 0.213. The highest BCUT2D eigenvalue weighted by molar-refractivity contribution is 5.76. The first-order valence-corrected chi connectivity index (χ1v) is 26.5. The highest BCUT2D eigenvalue weighted by Crippen LogP contribution is 2.33. The van der Waals surface area contributed by atoms with E-state index in [9.17, 15) is 61.0 Å². The Morgan fingerprint density at radius 1 is 0.500 bits per heavy atom. The fourth-order valence-corrected chi connectivity index (χ4v) is 8.53. The molecule has 1 amide bonds. The van der Waals surface area contributed by atoms with Gasteiger partial charge in [0.1, 0.15) is 73.2 Å². The summed E-state index contributed by atoms with van der Waals surface area (Å²) in [6.45, 7) is 1.55. The second kappa shape index (κ2) is 37.3. The van der Waals surface area contributed by atoms with Crippen LogP contribution in [0.5, 0.6) is 0 Å². The lowest BCUT2D eigenvalue weighted by Gasteiger charge is -2.48. The van der Waals surface area contributed by atoms with Gasteiger partial charge in [0.05, 0.1) is 38.6 Å². The molecule has 0 aliphatic carbocycles. The van der Waals surface area contributed by atoms with Crippen molar-refractivity contribution < 1.29 is 89.4 Å². The maximum absolute atomic E-state index is 13.2. The van der Waals surface area contributed by atoms with Crippen LogP contribution < -0.4 is 5.32 Å². The van der Waals surface area contributed by atoms with E-state index in [0.717, 1.165) is 70.6 Å². The van der Waals surface area contributed by atoms with Crippen LogP contribution in [-0.2, 0) is 33.2 Å². The van der Waals surface area contributed by atoms with Crippen LogP contribution in [0.4, 0.5) is 0 Å². The summed E-state index contributed by atoms with van der Waals surface area (Å²) < 4.78 is 34.1. The Labute approximate surface area is 426 Å². The number of hydrogen-bond acceptors (Lipinski definition) is 18. The Bertz CT molecular complexity index is 1560. The Kier molecular flexibility index (Phi) is 33.0. The molecule has 3 fully saturated rings. The molecule has 3 saturated heterocycles. The molecule has 0 spiro atoms. The number of aliphatic hydroxyl groups is 11. The molecular formula is C53H91NO18. The smallest absolute Gasteiger partial charge is 0.220 e. The van der Waals surface area contributed by atoms with Gasteiger partial charge >= 0.3 is 0 Å². The minimum atomic E-state index is -1.98. The molecule has 17 atom stereocenters. The third-order valence-corrected chi connectivity index (χ3v) is 13.0. The summed E-state index contributed by atoms with van der Waals surface area (Å²) in [5, 5.41) is 120. The molecule has 3 heterocycles. The first-order chi connectivity index (χ1) is 34.8. The summed E-state index contributed by atoms with van der Waals surface area (Å²) in [5.41, 5.74) is 0. The average Bonchev–Trinajstić information content (AvgIpc) is 3.37. The van der Waals surface area contributed by atoms with Gasteiger partial charge in [-0.3, -0.25) is 4.79 Å². The number of nitrogens with one attached hydrogen (secondary N) is 1. The van der Waals surface area contributed by atoms with Gasteiger partial charge in [0.15, 0.2) is 18.9 Å². The van der Waals surface area contributed by atoms with Crippen molar-refractivity contribution in [3.63, 3.8) is 0 Å². The number of ether oxygens (including phenoxy) is 6. The first-order valence-electron chi connectivity index (χ1n) is 26.5. The Balaban J connectivity index is 1.57. The third-order valence-electron chi connectivity index (χ3n) is 13.0. The molecule has 0 radical (unpaired) electrons. The van der Waals surface area contributed by atoms with E-state index in [2.05, 4.69) is 67.8 Å². The standard InChI is InChI=1S/C53H91NO18/c1-3-5-7-9-11-13-15-17-18-19-21-23-25-27-29-31-41(59)54-36(37(58)30-28-26-24-22-20-16-14-12-10-8-6-4-2)35-67-51-47(65)44(62)49(39(33-56)69-51)72-53-48(66)45(63)50(40(34-57)70-53)71-52-46(64)43(61)42(60)38(32-55)68-52/h10-13,17-18,20,22,28,30,36-40,42-53,55-58,60-66H,3-9,14-16,19,21,23-27,29,31-35H2,1-2H3,(H,54,59)/b12-10+,13-11-,18-17-,22-20+,30-28+. The second-order valence-electron chi connectivity index (χ2n) is 19.0. The monoisotopic (exact) mass is 1030 g/mol. The molecule has 3 aliphatic heterocycles. The van der Waals surface area contributed by atoms with Crippen LogP contribution in [0, 0.1) is 0 Å². The van der Waals surface area contributed by atoms with Crippen LogP contribution in [0.15, 0.2) is 60.8 Å². The minimum Gasteiger partial charge on any atom is -0.394 e. The molecule has 0 bridgehead atoms. The first kappa shape index (κ1) is 63.8. The highest BCUT2D eigenvalue weighted by Gasteiger charge is 2.53. The third kappa shape index (κ3) is 22.4. The topological polar surface area (TPSA) is 307 Å². The maximum Gasteiger partial charge on any atom is 0.220 e. The van der Waals surface area contributed by atoms with E-state index >= 15 is 0 Å². The quantitative estimate of drug-likeness (QED) is 0.0317. The van der Waals surface area contributed by atoms with E-state index in [1.807, 2.05) is 6.08 Å². The predicted octanol–water partition coefficient (Wildman–Crippen LogP) is 2.53. The highest BCUT2D eigenvalue weighted by atomic mass is 16.8. The van der Waals surface area contributed by atoms with Gasteiger partial charge in [-0.05, 0) is 70.6 Å². The normalized spacial score (nSPS) is 32.5. The van der Waals surface area contributed by atoms with Crippen molar-refractivity contribution in [3.8, 4) is 0 Å². The molecule has 19 nitrogen and oxygen atoms in total. The zero-order valence-electron chi connectivity index (χ0n) is 42.6. The number of unbranched alkanes of at least 4 members (excludes halogenated alkanes) is 12. The summed E-state index contributed by atoms with van der Waals surface area (Å²) in [5.74, 6) is -0.310. The molecule has 416 valence electrons. The van der Waals surface area contributed by atoms with Crippen LogP contribution in [-0.4, -0.2) is 193 Å². The molecule has 72 heavy (non-hydrogen) atoms. The van der Waals surface area contributed by atoms with Crippen LogP contribution in [0.2, 0.25) is 0 Å². The van der Waals surface area contributed by atoms with Crippen molar-refractivity contribution in [2.45, 2.75) is 240 Å². The predicted molar refractivity (Wildman–Crippen MR) is 268 cm³/mol. The zero-order chi connectivity index (χ0) is 52.7. The van der Waals surface area contributed by atoms with Gasteiger partial charge in [-0.15, -0.1) is 0 Å². The van der Waals surface area contributed by atoms with Crippen LogP contribution in [0.3, 0.4) is 0 Å². The van der Waals surface area contributed by atoms with E-state index < -0.39 is 124 Å². The van der Waals surface area contributed by atoms with Gasteiger partial charge in [-0.25, -0.2) is 0 Å². The molecular weight excluding hydrogens is 939 g/mol. The summed E-state index contributed by atoms with van der Waals surface area (Å²) >= 11 is 0. The van der Waals surface area contributed by atoms with Crippen molar-refractivity contribution in [2.75, 3.05) is 26.4 Å². The van der Waals surface area contributed by atoms with Gasteiger partial charge in [-0.1, -0.05) is 120 Å². The number of aliphatic hydroxyl groups excluding tert-OH is 11. The maximum atomic E-state index is 13.2. The number of carbonyl (C=O) groups excluding carboxylic acids is 1. The second-order valence-corrected chi connectivity index (χ2v) is 19.0. The Hall–Kier alpha value is -2.51. The van der Waals surface area contributed by atoms with Crippen LogP contribution in [0.1, 0.15) is 136 Å². The number of carbonyl (C=O) groups is 1. The summed E-state index contributed by atoms with van der Waals surface area (Å²) in [4.78, 5) is 13.2. The molecule has 3 aliphatic rings. The van der Waals surface area contributed by atoms with Crippen molar-refractivity contribution in [3.05, 3.63) is 60.8 Å². The van der Waals surface area contributed by atoms with E-state index in [4.69, 9.17) is 28.4 Å². The van der Waals surface area contributed by atoms with E-state index in [1.54, 1.807) is 6.08 Å². The van der Waals surface area contributed by atoms with E-state index in [-0.39, 0.29) is 18.9 Å². The SMILES string of the molecule is CCCC/C=C/CC/C=C/CC/C=C/C(O)C(COC1OC(CO)C(OC2OC(CO)C(OC3OC(CO)C(O)C(O)C3O)C(O)C2O)C(O)C1O)NC(=O)CCCCCCC/C=C\C/C=C\CCCCC. The molecule has 19 heteroatoms. The van der Waals surface area contributed by atoms with Gasteiger partial charge in [0, 0.05) is 6.42 Å². The van der Waals surface area contributed by atoms with Crippen molar-refractivity contribution >= 4 is 5.91 Å². The molecule has 0 aromatic heterocycles. The number of rotatable bonds is 36. The van der Waals surface area contributed by atoms with Crippen molar-refractivity contribution in [1.82, 2.24) is 5.32 Å².